The minimum Gasteiger partial charge on any atom is -0.355 e. The standard InChI is InChI=1S/C11H14N4O4/c16-10(9-4-8(5-13-9)15(18)19)6-14-3-1-2-12-11(17)7-14/h4-5,13H,1-3,6-7H2,(H,12,17). The summed E-state index contributed by atoms with van der Waals surface area (Å²) in [4.78, 5) is 37.6. The van der Waals surface area contributed by atoms with E-state index < -0.39 is 4.92 Å². The summed E-state index contributed by atoms with van der Waals surface area (Å²) in [6, 6.07) is 1.21. The number of Topliss-reactive ketones (excluding diaryl/α,β-unsaturated/α-hetero) is 1. The van der Waals surface area contributed by atoms with Crippen LogP contribution in [0, 0.1) is 10.1 Å². The largest absolute Gasteiger partial charge is 0.355 e. The van der Waals surface area contributed by atoms with Gasteiger partial charge >= 0.3 is 0 Å². The summed E-state index contributed by atoms with van der Waals surface area (Å²) in [6.45, 7) is 1.50. The monoisotopic (exact) mass is 266 g/mol. The Kier molecular flexibility index (Phi) is 3.91. The van der Waals surface area contributed by atoms with E-state index in [0.29, 0.717) is 13.1 Å². The molecule has 2 N–H and O–H groups in total. The van der Waals surface area contributed by atoms with Gasteiger partial charge in [0.2, 0.25) is 5.91 Å². The normalized spacial score (nSPS) is 16.7. The van der Waals surface area contributed by atoms with Crippen molar-refractivity contribution in [2.75, 3.05) is 26.2 Å². The molecule has 0 aromatic carbocycles. The Morgan fingerprint density at radius 2 is 2.32 bits per heavy atom. The molecule has 1 amide bonds. The van der Waals surface area contributed by atoms with Crippen LogP contribution in [0.4, 0.5) is 5.69 Å². The van der Waals surface area contributed by atoms with Crippen molar-refractivity contribution >= 4 is 17.4 Å². The summed E-state index contributed by atoms with van der Waals surface area (Å²) in [6.07, 6.45) is 1.96. The summed E-state index contributed by atoms with van der Waals surface area (Å²) < 4.78 is 0. The molecule has 102 valence electrons. The molecule has 1 aliphatic rings. The van der Waals surface area contributed by atoms with E-state index in [0.717, 1.165) is 6.42 Å². The molecule has 19 heavy (non-hydrogen) atoms. The van der Waals surface area contributed by atoms with Gasteiger partial charge in [-0.15, -0.1) is 0 Å². The quantitative estimate of drug-likeness (QED) is 0.450. The molecule has 1 fully saturated rings. The zero-order valence-electron chi connectivity index (χ0n) is 10.2. The number of amides is 1. The van der Waals surface area contributed by atoms with E-state index in [1.807, 2.05) is 0 Å². The SMILES string of the molecule is O=C1CN(CC(=O)c2cc([N+](=O)[O-])c[nH]2)CCCN1. The molecule has 1 aromatic heterocycles. The first-order valence-corrected chi connectivity index (χ1v) is 5.91. The number of carbonyl (C=O) groups excluding carboxylic acids is 2. The van der Waals surface area contributed by atoms with E-state index in [1.54, 1.807) is 4.90 Å². The number of rotatable bonds is 4. The van der Waals surface area contributed by atoms with Gasteiger partial charge in [0.25, 0.3) is 5.69 Å². The lowest BCUT2D eigenvalue weighted by molar-refractivity contribution is -0.384. The molecule has 0 atom stereocenters. The predicted octanol–water partition coefficient (Wildman–Crippen LogP) is -0.0725. The van der Waals surface area contributed by atoms with Crippen LogP contribution in [0.15, 0.2) is 12.3 Å². The summed E-state index contributed by atoms with van der Waals surface area (Å²) in [5.41, 5.74) is 0.0494. The van der Waals surface area contributed by atoms with E-state index in [9.17, 15) is 19.7 Å². The van der Waals surface area contributed by atoms with Gasteiger partial charge in [0.1, 0.15) is 0 Å². The van der Waals surface area contributed by atoms with E-state index in [1.165, 1.54) is 12.3 Å². The summed E-state index contributed by atoms with van der Waals surface area (Å²) in [5.74, 6) is -0.370. The minimum atomic E-state index is -0.563. The minimum absolute atomic E-state index is 0.0745. The van der Waals surface area contributed by atoms with Crippen molar-refractivity contribution in [1.82, 2.24) is 15.2 Å². The zero-order chi connectivity index (χ0) is 13.8. The van der Waals surface area contributed by atoms with Crippen LogP contribution in [0.25, 0.3) is 0 Å². The number of aromatic nitrogens is 1. The number of aromatic amines is 1. The fraction of sp³-hybridized carbons (Fsp3) is 0.455. The van der Waals surface area contributed by atoms with Gasteiger partial charge in [0.15, 0.2) is 5.78 Å². The van der Waals surface area contributed by atoms with Gasteiger partial charge in [-0.3, -0.25) is 24.6 Å². The van der Waals surface area contributed by atoms with Crippen LogP contribution in [0.5, 0.6) is 0 Å². The number of nitro groups is 1. The highest BCUT2D eigenvalue weighted by atomic mass is 16.6. The number of ketones is 1. The van der Waals surface area contributed by atoms with E-state index >= 15 is 0 Å². The Balaban J connectivity index is 1.99. The van der Waals surface area contributed by atoms with Gasteiger partial charge in [-0.2, -0.15) is 0 Å². The van der Waals surface area contributed by atoms with Crippen LogP contribution in [-0.4, -0.2) is 52.7 Å². The van der Waals surface area contributed by atoms with Crippen molar-refractivity contribution < 1.29 is 14.5 Å². The highest BCUT2D eigenvalue weighted by Gasteiger charge is 2.20. The number of nitrogens with one attached hydrogen (secondary N) is 2. The summed E-state index contributed by atoms with van der Waals surface area (Å²) in [7, 11) is 0. The fourth-order valence-electron chi connectivity index (χ4n) is 1.94. The van der Waals surface area contributed by atoms with Crippen molar-refractivity contribution in [2.24, 2.45) is 0 Å². The zero-order valence-corrected chi connectivity index (χ0v) is 10.2. The molecule has 8 nitrogen and oxygen atoms in total. The molecule has 2 heterocycles. The molecule has 0 spiro atoms. The first-order chi connectivity index (χ1) is 9.06. The average molecular weight is 266 g/mol. The molecule has 0 unspecified atom stereocenters. The first-order valence-electron chi connectivity index (χ1n) is 5.91. The third kappa shape index (κ3) is 3.38. The van der Waals surface area contributed by atoms with Crippen LogP contribution in [0.1, 0.15) is 16.9 Å². The van der Waals surface area contributed by atoms with E-state index in [4.69, 9.17) is 0 Å². The van der Waals surface area contributed by atoms with Gasteiger partial charge in [0, 0.05) is 19.2 Å². The van der Waals surface area contributed by atoms with E-state index in [2.05, 4.69) is 10.3 Å². The lowest BCUT2D eigenvalue weighted by Crippen LogP contribution is -2.36. The second-order valence-electron chi connectivity index (χ2n) is 4.37. The second-order valence-corrected chi connectivity index (χ2v) is 4.37. The van der Waals surface area contributed by atoms with Crippen LogP contribution >= 0.6 is 0 Å². The molecular weight excluding hydrogens is 252 g/mol. The maximum absolute atomic E-state index is 11.9. The Hall–Kier alpha value is -2.22. The molecule has 2 rings (SSSR count). The highest BCUT2D eigenvalue weighted by Crippen LogP contribution is 2.13. The molecule has 0 aliphatic carbocycles. The van der Waals surface area contributed by atoms with Crippen molar-refractivity contribution in [3.8, 4) is 0 Å². The molecule has 1 saturated heterocycles. The van der Waals surface area contributed by atoms with E-state index in [-0.39, 0.29) is 36.2 Å². The topological polar surface area (TPSA) is 108 Å². The van der Waals surface area contributed by atoms with Crippen molar-refractivity contribution in [3.63, 3.8) is 0 Å². The number of H-pyrrole nitrogens is 1. The van der Waals surface area contributed by atoms with Gasteiger partial charge < -0.3 is 10.3 Å². The number of nitrogens with zero attached hydrogens (tertiary/aromatic N) is 2. The smallest absolute Gasteiger partial charge is 0.287 e. The predicted molar refractivity (Wildman–Crippen MR) is 65.8 cm³/mol. The van der Waals surface area contributed by atoms with Crippen molar-refractivity contribution in [1.29, 1.82) is 0 Å². The van der Waals surface area contributed by atoms with Crippen LogP contribution in [0.3, 0.4) is 0 Å². The maximum Gasteiger partial charge on any atom is 0.287 e. The molecule has 0 radical (unpaired) electrons. The van der Waals surface area contributed by atoms with Gasteiger partial charge in [-0.1, -0.05) is 0 Å². The van der Waals surface area contributed by atoms with Crippen molar-refractivity contribution in [2.45, 2.75) is 6.42 Å². The van der Waals surface area contributed by atoms with Gasteiger partial charge in [-0.25, -0.2) is 0 Å². The molecule has 1 aromatic rings. The van der Waals surface area contributed by atoms with Gasteiger partial charge in [0.05, 0.1) is 29.9 Å². The first kappa shape index (κ1) is 13.2. The number of hydrogen-bond donors (Lipinski definition) is 2. The highest BCUT2D eigenvalue weighted by molar-refractivity contribution is 5.96. The Labute approximate surface area is 108 Å². The van der Waals surface area contributed by atoms with Crippen LogP contribution in [-0.2, 0) is 4.79 Å². The third-order valence-electron chi connectivity index (χ3n) is 2.89. The van der Waals surface area contributed by atoms with Gasteiger partial charge in [-0.05, 0) is 6.42 Å². The molecule has 0 bridgehead atoms. The third-order valence-corrected chi connectivity index (χ3v) is 2.89. The molecule has 0 saturated carbocycles. The number of hydrogen-bond acceptors (Lipinski definition) is 5. The second kappa shape index (κ2) is 5.61. The maximum atomic E-state index is 11.9. The average Bonchev–Trinajstić information content (AvgIpc) is 2.76. The van der Waals surface area contributed by atoms with Crippen molar-refractivity contribution in [3.05, 3.63) is 28.1 Å². The molecular formula is C11H14N4O4. The fourth-order valence-corrected chi connectivity index (χ4v) is 1.94. The van der Waals surface area contributed by atoms with Crippen LogP contribution < -0.4 is 5.32 Å². The Morgan fingerprint density at radius 3 is 3.00 bits per heavy atom. The lowest BCUT2D eigenvalue weighted by Gasteiger charge is -2.16. The summed E-state index contributed by atoms with van der Waals surface area (Å²) >= 11 is 0. The molecule has 8 heteroatoms. The Bertz CT molecular complexity index is 511. The lowest BCUT2D eigenvalue weighted by atomic mass is 10.2. The Morgan fingerprint density at radius 1 is 1.53 bits per heavy atom. The summed E-state index contributed by atoms with van der Waals surface area (Å²) in [5, 5.41) is 13.2. The molecule has 1 aliphatic heterocycles. The van der Waals surface area contributed by atoms with Crippen LogP contribution in [0.2, 0.25) is 0 Å². The number of carbonyl (C=O) groups is 2.